The zero-order chi connectivity index (χ0) is 25.3. The van der Waals surface area contributed by atoms with E-state index in [1.54, 1.807) is 0 Å². The van der Waals surface area contributed by atoms with Crippen molar-refractivity contribution in [2.24, 2.45) is 7.05 Å². The van der Waals surface area contributed by atoms with E-state index in [1.807, 2.05) is 45.3 Å². The van der Waals surface area contributed by atoms with Crippen molar-refractivity contribution < 1.29 is 4.79 Å². The molecular formula is C28H35N5O. The lowest BCUT2D eigenvalue weighted by Gasteiger charge is -2.13. The molecule has 6 heteroatoms. The summed E-state index contributed by atoms with van der Waals surface area (Å²) in [7, 11) is 6.18. The quantitative estimate of drug-likeness (QED) is 0.398. The molecule has 0 radical (unpaired) electrons. The minimum atomic E-state index is 1.01. The highest BCUT2D eigenvalue weighted by molar-refractivity contribution is 6.03. The Morgan fingerprint density at radius 1 is 0.971 bits per heavy atom. The van der Waals surface area contributed by atoms with Gasteiger partial charge < -0.3 is 19.6 Å². The number of nitrogens with one attached hydrogen (secondary N) is 1. The molecule has 3 aromatic heterocycles. The number of carbonyl (C=O) groups is 1. The maximum Gasteiger partial charge on any atom is 0.142 e. The van der Waals surface area contributed by atoms with Gasteiger partial charge in [0.2, 0.25) is 0 Å². The molecule has 34 heavy (non-hydrogen) atoms. The fraction of sp³-hybridized carbons (Fsp3) is 0.250. The third kappa shape index (κ3) is 5.70. The summed E-state index contributed by atoms with van der Waals surface area (Å²) in [6.07, 6.45) is 7.00. The van der Waals surface area contributed by atoms with Crippen LogP contribution in [0.1, 0.15) is 16.8 Å². The number of fused-ring (bicyclic) bond motifs is 2. The topological polar surface area (TPSA) is 63.1 Å². The molecule has 4 heterocycles. The molecule has 0 saturated heterocycles. The van der Waals surface area contributed by atoms with Crippen molar-refractivity contribution in [2.45, 2.75) is 20.3 Å². The Kier molecular flexibility index (Phi) is 9.56. The number of carbonyl (C=O) groups excluding carboxylic acids is 1. The number of aryl methyl sites for hydroxylation is 3. The molecule has 0 saturated carbocycles. The zero-order valence-electron chi connectivity index (χ0n) is 20.9. The fourth-order valence-electron chi connectivity index (χ4n) is 4.12. The monoisotopic (exact) mass is 457 g/mol. The maximum absolute atomic E-state index is 8.00. The van der Waals surface area contributed by atoms with Crippen molar-refractivity contribution in [2.75, 3.05) is 30.9 Å². The second-order valence-electron chi connectivity index (χ2n) is 7.95. The summed E-state index contributed by atoms with van der Waals surface area (Å²) in [4.78, 5) is 18.9. The second-order valence-corrected chi connectivity index (χ2v) is 7.95. The number of benzene rings is 1. The van der Waals surface area contributed by atoms with Crippen LogP contribution in [0, 0.1) is 13.8 Å². The first-order valence-electron chi connectivity index (χ1n) is 11.1. The molecule has 6 nitrogen and oxygen atoms in total. The van der Waals surface area contributed by atoms with Gasteiger partial charge in [-0.2, -0.15) is 0 Å². The average molecular weight is 458 g/mol. The predicted molar refractivity (Wildman–Crippen MR) is 145 cm³/mol. The van der Waals surface area contributed by atoms with E-state index in [1.165, 1.54) is 33.3 Å². The number of nitrogens with zero attached hydrogens (tertiary/aromatic N) is 4. The Hall–Kier alpha value is -3.93. The Bertz CT molecular complexity index is 1210. The third-order valence-corrected chi connectivity index (χ3v) is 5.70. The molecule has 0 atom stereocenters. The van der Waals surface area contributed by atoms with Gasteiger partial charge in [0.15, 0.2) is 0 Å². The van der Waals surface area contributed by atoms with Crippen LogP contribution in [-0.4, -0.2) is 42.0 Å². The number of anilines is 2. The lowest BCUT2D eigenvalue weighted by molar-refractivity contribution is -0.0979. The summed E-state index contributed by atoms with van der Waals surface area (Å²) in [6.45, 7) is 13.2. The number of pyridine rings is 2. The number of likely N-dealkylation sites (N-methyl/N-ethyl adjacent to an activating group) is 1. The Labute approximate surface area is 203 Å². The molecule has 1 aliphatic rings. The van der Waals surface area contributed by atoms with Crippen LogP contribution in [0.2, 0.25) is 0 Å². The van der Waals surface area contributed by atoms with Gasteiger partial charge in [0.1, 0.15) is 12.4 Å². The highest BCUT2D eigenvalue weighted by Crippen LogP contribution is 2.37. The van der Waals surface area contributed by atoms with Crippen molar-refractivity contribution in [3.8, 4) is 11.1 Å². The lowest BCUT2D eigenvalue weighted by atomic mass is 10.0. The van der Waals surface area contributed by atoms with Gasteiger partial charge in [0.25, 0.3) is 0 Å². The molecule has 0 fully saturated rings. The predicted octanol–water partition coefficient (Wildman–Crippen LogP) is 5.59. The van der Waals surface area contributed by atoms with Gasteiger partial charge in [-0.15, -0.1) is 13.2 Å². The second kappa shape index (κ2) is 12.3. The summed E-state index contributed by atoms with van der Waals surface area (Å²) in [5, 5.41) is 4.48. The maximum atomic E-state index is 8.00. The molecular weight excluding hydrogens is 422 g/mol. The van der Waals surface area contributed by atoms with Gasteiger partial charge in [-0.1, -0.05) is 12.1 Å². The molecule has 1 N–H and O–H groups in total. The van der Waals surface area contributed by atoms with E-state index in [4.69, 9.17) is 4.79 Å². The van der Waals surface area contributed by atoms with Gasteiger partial charge in [-0.05, 0) is 61.2 Å². The Morgan fingerprint density at radius 3 is 2.29 bits per heavy atom. The number of rotatable bonds is 2. The number of hydrogen-bond acceptors (Lipinski definition) is 5. The normalized spacial score (nSPS) is 11.3. The van der Waals surface area contributed by atoms with E-state index in [0.29, 0.717) is 0 Å². The molecule has 0 amide bonds. The van der Waals surface area contributed by atoms with Crippen molar-refractivity contribution in [3.63, 3.8) is 0 Å². The van der Waals surface area contributed by atoms with Gasteiger partial charge >= 0.3 is 0 Å². The van der Waals surface area contributed by atoms with Crippen molar-refractivity contribution in [1.29, 1.82) is 0 Å². The fourth-order valence-corrected chi connectivity index (χ4v) is 4.12. The van der Waals surface area contributed by atoms with Gasteiger partial charge in [-0.3, -0.25) is 4.98 Å². The Morgan fingerprint density at radius 2 is 1.68 bits per heavy atom. The van der Waals surface area contributed by atoms with Crippen LogP contribution >= 0.6 is 0 Å². The van der Waals surface area contributed by atoms with Gasteiger partial charge in [-0.25, -0.2) is 4.98 Å². The van der Waals surface area contributed by atoms with E-state index in [-0.39, 0.29) is 0 Å². The lowest BCUT2D eigenvalue weighted by Crippen LogP contribution is -2.12. The van der Waals surface area contributed by atoms with E-state index in [0.717, 1.165) is 30.0 Å². The molecule has 1 aromatic carbocycles. The van der Waals surface area contributed by atoms with Crippen LogP contribution in [0.15, 0.2) is 68.1 Å². The minimum absolute atomic E-state index is 1.01. The highest BCUT2D eigenvalue weighted by atomic mass is 16.1. The standard InChI is InChI=1S/C18H20N4.C7H9N.C2H4.CH2O/c1-19-15-6-8-20-18-17(15)14(11-22(18)3)13-5-4-12-7-9-21(2)16(12)10-13;1-6-3-4-8-7(2)5-6;2*1-2/h4-6,8,10-11H,7,9H2,1-3H3,(H,19,20);3-5H,1-2H3;1-2H2;1H2. The van der Waals surface area contributed by atoms with Crippen LogP contribution in [0.5, 0.6) is 0 Å². The minimum Gasteiger partial charge on any atom is -0.387 e. The summed E-state index contributed by atoms with van der Waals surface area (Å²) < 4.78 is 2.10. The van der Waals surface area contributed by atoms with E-state index in [9.17, 15) is 0 Å². The molecule has 5 rings (SSSR count). The van der Waals surface area contributed by atoms with Crippen molar-refractivity contribution in [3.05, 3.63) is 85.0 Å². The molecule has 178 valence electrons. The smallest absolute Gasteiger partial charge is 0.142 e. The molecule has 4 aromatic rings. The Balaban J connectivity index is 0.000000286. The van der Waals surface area contributed by atoms with E-state index in [2.05, 4.69) is 89.4 Å². The van der Waals surface area contributed by atoms with Crippen LogP contribution in [0.4, 0.5) is 11.4 Å². The number of aromatic nitrogens is 3. The van der Waals surface area contributed by atoms with Crippen LogP contribution in [0.25, 0.3) is 22.2 Å². The first kappa shape index (κ1) is 26.3. The summed E-state index contributed by atoms with van der Waals surface area (Å²) >= 11 is 0. The largest absolute Gasteiger partial charge is 0.387 e. The van der Waals surface area contributed by atoms with Crippen LogP contribution in [-0.2, 0) is 18.3 Å². The SMILES string of the molecule is C=C.C=O.CNc1ccnc2c1c(-c1ccc3c(c1)N(C)CC3)cn2C.Cc1ccnc(C)c1. The average Bonchev–Trinajstić information content (AvgIpc) is 3.41. The molecule has 0 bridgehead atoms. The van der Waals surface area contributed by atoms with Gasteiger partial charge in [0.05, 0.1) is 0 Å². The first-order chi connectivity index (χ1) is 16.5. The van der Waals surface area contributed by atoms with Crippen molar-refractivity contribution >= 4 is 29.2 Å². The zero-order valence-corrected chi connectivity index (χ0v) is 20.9. The first-order valence-corrected chi connectivity index (χ1v) is 11.1. The molecule has 0 aliphatic carbocycles. The van der Waals surface area contributed by atoms with Crippen molar-refractivity contribution in [1.82, 2.24) is 14.5 Å². The molecule has 1 aliphatic heterocycles. The summed E-state index contributed by atoms with van der Waals surface area (Å²) in [5.74, 6) is 0. The number of hydrogen-bond donors (Lipinski definition) is 1. The van der Waals surface area contributed by atoms with Crippen LogP contribution < -0.4 is 10.2 Å². The van der Waals surface area contributed by atoms with E-state index >= 15 is 0 Å². The van der Waals surface area contributed by atoms with Gasteiger partial charge in [0, 0.05) is 74.3 Å². The summed E-state index contributed by atoms with van der Waals surface area (Å²) in [5.41, 5.74) is 9.77. The molecule has 0 unspecified atom stereocenters. The third-order valence-electron chi connectivity index (χ3n) is 5.70. The summed E-state index contributed by atoms with van der Waals surface area (Å²) in [6, 6.07) is 12.9. The highest BCUT2D eigenvalue weighted by Gasteiger charge is 2.18. The van der Waals surface area contributed by atoms with Crippen LogP contribution in [0.3, 0.4) is 0 Å². The van der Waals surface area contributed by atoms with E-state index < -0.39 is 0 Å². The molecule has 0 spiro atoms.